The first-order chi connectivity index (χ1) is 9.31. The van der Waals surface area contributed by atoms with Gasteiger partial charge in [0.15, 0.2) is 0 Å². The van der Waals surface area contributed by atoms with Crippen LogP contribution in [0.1, 0.15) is 11.1 Å². The van der Waals surface area contributed by atoms with Crippen LogP contribution in [0.4, 0.5) is 0 Å². The van der Waals surface area contributed by atoms with Gasteiger partial charge in [0.25, 0.3) is 0 Å². The Bertz CT molecular complexity index is 435. The summed E-state index contributed by atoms with van der Waals surface area (Å²) in [6.07, 6.45) is 1.95. The molecule has 1 aromatic rings. The average Bonchev–Trinajstić information content (AvgIpc) is 2.81. The molecule has 0 aromatic heterocycles. The highest BCUT2D eigenvalue weighted by atomic mass is 35.5. The van der Waals surface area contributed by atoms with Crippen LogP contribution in [-0.4, -0.2) is 49.6 Å². The van der Waals surface area contributed by atoms with Gasteiger partial charge in [-0.25, -0.2) is 0 Å². The van der Waals surface area contributed by atoms with Gasteiger partial charge < -0.3 is 10.6 Å². The van der Waals surface area contributed by atoms with E-state index in [0.717, 1.165) is 39.0 Å². The molecular weight excluding hydrogens is 274 g/mol. The van der Waals surface area contributed by atoms with Crippen LogP contribution < -0.4 is 10.6 Å². The summed E-state index contributed by atoms with van der Waals surface area (Å²) in [5.74, 6) is 0.166. The molecule has 5 heteroatoms. The predicted molar refractivity (Wildman–Crippen MR) is 82.3 cm³/mol. The predicted octanol–water partition coefficient (Wildman–Crippen LogP) is 0.597. The minimum absolute atomic E-state index is 0. The molecule has 1 aliphatic carbocycles. The van der Waals surface area contributed by atoms with E-state index in [2.05, 4.69) is 39.8 Å². The Kier molecular flexibility index (Phi) is 5.40. The Morgan fingerprint density at radius 1 is 1.20 bits per heavy atom. The van der Waals surface area contributed by atoms with Crippen molar-refractivity contribution >= 4 is 18.3 Å². The minimum Gasteiger partial charge on any atom is -0.352 e. The molecule has 1 heterocycles. The highest BCUT2D eigenvalue weighted by Crippen LogP contribution is 2.21. The SMILES string of the molecule is Cl.O=C(CN1CCNCC1)NC1Cc2ccccc2C1. The van der Waals surface area contributed by atoms with Gasteiger partial charge in [0.1, 0.15) is 0 Å². The van der Waals surface area contributed by atoms with E-state index in [1.807, 2.05) is 0 Å². The molecule has 20 heavy (non-hydrogen) atoms. The lowest BCUT2D eigenvalue weighted by Gasteiger charge is -2.27. The molecule has 1 amide bonds. The van der Waals surface area contributed by atoms with E-state index in [9.17, 15) is 4.79 Å². The highest BCUT2D eigenvalue weighted by Gasteiger charge is 2.23. The molecule has 0 saturated carbocycles. The largest absolute Gasteiger partial charge is 0.352 e. The third-order valence-corrected chi connectivity index (χ3v) is 3.99. The maximum absolute atomic E-state index is 12.0. The number of hydrogen-bond acceptors (Lipinski definition) is 3. The number of halogens is 1. The molecule has 0 spiro atoms. The van der Waals surface area contributed by atoms with Crippen molar-refractivity contribution in [2.45, 2.75) is 18.9 Å². The van der Waals surface area contributed by atoms with Crippen LogP contribution >= 0.6 is 12.4 Å². The lowest BCUT2D eigenvalue weighted by molar-refractivity contribution is -0.123. The molecule has 1 fully saturated rings. The van der Waals surface area contributed by atoms with Gasteiger partial charge in [-0.15, -0.1) is 12.4 Å². The summed E-state index contributed by atoms with van der Waals surface area (Å²) >= 11 is 0. The van der Waals surface area contributed by atoms with Crippen LogP contribution in [0.2, 0.25) is 0 Å². The number of fused-ring (bicyclic) bond motifs is 1. The second-order valence-corrected chi connectivity index (χ2v) is 5.47. The van der Waals surface area contributed by atoms with Crippen LogP contribution in [0.3, 0.4) is 0 Å². The number of nitrogens with one attached hydrogen (secondary N) is 2. The Morgan fingerprint density at radius 2 is 1.80 bits per heavy atom. The molecule has 3 rings (SSSR count). The number of amides is 1. The van der Waals surface area contributed by atoms with Crippen molar-refractivity contribution in [3.05, 3.63) is 35.4 Å². The van der Waals surface area contributed by atoms with Gasteiger partial charge in [-0.2, -0.15) is 0 Å². The molecule has 0 atom stereocenters. The maximum Gasteiger partial charge on any atom is 0.234 e. The zero-order chi connectivity index (χ0) is 13.1. The molecule has 2 aliphatic rings. The molecule has 1 aromatic carbocycles. The minimum atomic E-state index is 0. The van der Waals surface area contributed by atoms with E-state index >= 15 is 0 Å². The van der Waals surface area contributed by atoms with Gasteiger partial charge in [-0.3, -0.25) is 9.69 Å². The summed E-state index contributed by atoms with van der Waals surface area (Å²) in [5, 5.41) is 6.47. The molecule has 0 unspecified atom stereocenters. The van der Waals surface area contributed by atoms with Crippen LogP contribution in [0.25, 0.3) is 0 Å². The van der Waals surface area contributed by atoms with Gasteiger partial charge in [0.2, 0.25) is 5.91 Å². The number of nitrogens with zero attached hydrogens (tertiary/aromatic N) is 1. The molecule has 1 saturated heterocycles. The standard InChI is InChI=1S/C15H21N3O.ClH/c19-15(11-18-7-5-16-6-8-18)17-14-9-12-3-1-2-4-13(12)10-14;/h1-4,14,16H,5-11H2,(H,17,19);1H. The fourth-order valence-corrected chi connectivity index (χ4v) is 3.01. The molecule has 0 radical (unpaired) electrons. The number of hydrogen-bond donors (Lipinski definition) is 2. The molecule has 1 aliphatic heterocycles. The summed E-state index contributed by atoms with van der Waals surface area (Å²) in [6, 6.07) is 8.76. The van der Waals surface area contributed by atoms with Crippen LogP contribution in [0, 0.1) is 0 Å². The Morgan fingerprint density at radius 3 is 2.40 bits per heavy atom. The average molecular weight is 296 g/mol. The van der Waals surface area contributed by atoms with Gasteiger partial charge in [0.05, 0.1) is 6.54 Å². The lowest BCUT2D eigenvalue weighted by atomic mass is 10.1. The van der Waals surface area contributed by atoms with E-state index in [0.29, 0.717) is 6.54 Å². The monoisotopic (exact) mass is 295 g/mol. The fourth-order valence-electron chi connectivity index (χ4n) is 3.01. The quantitative estimate of drug-likeness (QED) is 0.858. The number of piperazine rings is 1. The number of carbonyl (C=O) groups is 1. The third-order valence-electron chi connectivity index (χ3n) is 3.99. The topological polar surface area (TPSA) is 44.4 Å². The van der Waals surface area contributed by atoms with Crippen LogP contribution in [0.15, 0.2) is 24.3 Å². The second-order valence-electron chi connectivity index (χ2n) is 5.47. The fraction of sp³-hybridized carbons (Fsp3) is 0.533. The van der Waals surface area contributed by atoms with Gasteiger partial charge >= 0.3 is 0 Å². The van der Waals surface area contributed by atoms with Gasteiger partial charge in [0, 0.05) is 32.2 Å². The van der Waals surface area contributed by atoms with Crippen molar-refractivity contribution in [1.29, 1.82) is 0 Å². The van der Waals surface area contributed by atoms with E-state index in [-0.39, 0.29) is 24.4 Å². The number of rotatable bonds is 3. The molecule has 110 valence electrons. The van der Waals surface area contributed by atoms with E-state index in [1.165, 1.54) is 11.1 Å². The first-order valence-electron chi connectivity index (χ1n) is 7.10. The lowest BCUT2D eigenvalue weighted by Crippen LogP contribution is -2.49. The normalized spacial score (nSPS) is 19.2. The molecular formula is C15H22ClN3O. The third kappa shape index (κ3) is 3.72. The molecule has 2 N–H and O–H groups in total. The van der Waals surface area contributed by atoms with Gasteiger partial charge in [-0.05, 0) is 24.0 Å². The number of carbonyl (C=O) groups excluding carboxylic acids is 1. The van der Waals surface area contributed by atoms with Crippen molar-refractivity contribution in [2.75, 3.05) is 32.7 Å². The highest BCUT2D eigenvalue weighted by molar-refractivity contribution is 5.85. The van der Waals surface area contributed by atoms with E-state index in [1.54, 1.807) is 0 Å². The van der Waals surface area contributed by atoms with Crippen molar-refractivity contribution in [2.24, 2.45) is 0 Å². The first-order valence-corrected chi connectivity index (χ1v) is 7.10. The van der Waals surface area contributed by atoms with Crippen LogP contribution in [-0.2, 0) is 17.6 Å². The van der Waals surface area contributed by atoms with Crippen molar-refractivity contribution < 1.29 is 4.79 Å². The summed E-state index contributed by atoms with van der Waals surface area (Å²) in [4.78, 5) is 14.3. The van der Waals surface area contributed by atoms with Crippen LogP contribution in [0.5, 0.6) is 0 Å². The van der Waals surface area contributed by atoms with Gasteiger partial charge in [-0.1, -0.05) is 24.3 Å². The summed E-state index contributed by atoms with van der Waals surface area (Å²) in [7, 11) is 0. The first kappa shape index (κ1) is 15.3. The smallest absolute Gasteiger partial charge is 0.234 e. The van der Waals surface area contributed by atoms with Crippen molar-refractivity contribution in [3.63, 3.8) is 0 Å². The maximum atomic E-state index is 12.0. The second kappa shape index (κ2) is 7.07. The summed E-state index contributed by atoms with van der Waals surface area (Å²) < 4.78 is 0. The van der Waals surface area contributed by atoms with E-state index in [4.69, 9.17) is 0 Å². The van der Waals surface area contributed by atoms with Crippen molar-refractivity contribution in [3.8, 4) is 0 Å². The molecule has 4 nitrogen and oxygen atoms in total. The number of benzene rings is 1. The zero-order valence-electron chi connectivity index (χ0n) is 11.6. The molecule has 0 bridgehead atoms. The van der Waals surface area contributed by atoms with Crippen molar-refractivity contribution in [1.82, 2.24) is 15.5 Å². The Hall–Kier alpha value is -1.10. The van der Waals surface area contributed by atoms with E-state index < -0.39 is 0 Å². The summed E-state index contributed by atoms with van der Waals surface area (Å²) in [5.41, 5.74) is 2.77. The zero-order valence-corrected chi connectivity index (χ0v) is 12.4. The Balaban J connectivity index is 0.00000147. The summed E-state index contributed by atoms with van der Waals surface area (Å²) in [6.45, 7) is 4.45. The Labute approximate surface area is 126 Å².